The van der Waals surface area contributed by atoms with E-state index < -0.39 is 0 Å². The molecule has 4 nitrogen and oxygen atoms in total. The van der Waals surface area contributed by atoms with Crippen LogP contribution in [-0.4, -0.2) is 28.1 Å². The first-order valence-electron chi connectivity index (χ1n) is 5.88. The zero-order chi connectivity index (χ0) is 13.7. The Balaban J connectivity index is 2.58. The summed E-state index contributed by atoms with van der Waals surface area (Å²) in [6, 6.07) is 0. The van der Waals surface area contributed by atoms with Crippen molar-refractivity contribution in [3.05, 3.63) is 16.4 Å². The Kier molecular flexibility index (Phi) is 6.02. The molecule has 1 unspecified atom stereocenters. The van der Waals surface area contributed by atoms with Gasteiger partial charge in [-0.15, -0.1) is 0 Å². The Bertz CT molecular complexity index is 420. The van der Waals surface area contributed by atoms with Gasteiger partial charge in [0, 0.05) is 18.1 Å². The SMILES string of the molecule is CCc1nn(C)c(CSC(C)CC(=O)OC)c1Cl. The van der Waals surface area contributed by atoms with Gasteiger partial charge in [-0.3, -0.25) is 9.48 Å². The van der Waals surface area contributed by atoms with Crippen LogP contribution < -0.4 is 0 Å². The van der Waals surface area contributed by atoms with Crippen molar-refractivity contribution in [2.24, 2.45) is 7.05 Å². The van der Waals surface area contributed by atoms with Crippen molar-refractivity contribution in [2.45, 2.75) is 37.7 Å². The standard InChI is InChI=1S/C12H19ClN2O2S/c1-5-9-12(13)10(15(3)14-9)7-18-8(2)6-11(16)17-4/h8H,5-7H2,1-4H3. The van der Waals surface area contributed by atoms with E-state index in [1.807, 2.05) is 25.6 Å². The summed E-state index contributed by atoms with van der Waals surface area (Å²) in [5, 5.41) is 5.31. The van der Waals surface area contributed by atoms with E-state index in [0.717, 1.165) is 28.6 Å². The Labute approximate surface area is 117 Å². The van der Waals surface area contributed by atoms with E-state index in [0.29, 0.717) is 6.42 Å². The Hall–Kier alpha value is -0.680. The van der Waals surface area contributed by atoms with Crippen molar-refractivity contribution >= 4 is 29.3 Å². The number of hydrogen-bond donors (Lipinski definition) is 0. The summed E-state index contributed by atoms with van der Waals surface area (Å²) in [6.45, 7) is 4.04. The zero-order valence-corrected chi connectivity index (χ0v) is 12.8. The first kappa shape index (κ1) is 15.4. The minimum absolute atomic E-state index is 0.180. The number of aromatic nitrogens is 2. The van der Waals surface area contributed by atoms with Crippen LogP contribution in [0.25, 0.3) is 0 Å². The number of carbonyl (C=O) groups excluding carboxylic acids is 1. The fourth-order valence-electron chi connectivity index (χ4n) is 1.57. The molecule has 0 N–H and O–H groups in total. The molecule has 1 aromatic rings. The van der Waals surface area contributed by atoms with Crippen LogP contribution in [-0.2, 0) is 28.8 Å². The normalized spacial score (nSPS) is 12.5. The summed E-state index contributed by atoms with van der Waals surface area (Å²) in [5.74, 6) is 0.570. The van der Waals surface area contributed by atoms with Crippen molar-refractivity contribution in [1.82, 2.24) is 9.78 Å². The largest absolute Gasteiger partial charge is 0.469 e. The molecule has 1 atom stereocenters. The summed E-state index contributed by atoms with van der Waals surface area (Å²) in [7, 11) is 3.30. The zero-order valence-electron chi connectivity index (χ0n) is 11.2. The van der Waals surface area contributed by atoms with Crippen LogP contribution in [0.5, 0.6) is 0 Å². The van der Waals surface area contributed by atoms with Crippen LogP contribution in [0.2, 0.25) is 5.02 Å². The van der Waals surface area contributed by atoms with Crippen molar-refractivity contribution < 1.29 is 9.53 Å². The molecule has 1 rings (SSSR count). The van der Waals surface area contributed by atoms with E-state index in [-0.39, 0.29) is 11.2 Å². The maximum atomic E-state index is 11.1. The summed E-state index contributed by atoms with van der Waals surface area (Å²) in [4.78, 5) is 11.1. The molecule has 1 aromatic heterocycles. The highest BCUT2D eigenvalue weighted by atomic mass is 35.5. The summed E-state index contributed by atoms with van der Waals surface area (Å²) >= 11 is 7.94. The van der Waals surface area contributed by atoms with Gasteiger partial charge in [0.1, 0.15) is 0 Å². The highest BCUT2D eigenvalue weighted by Gasteiger charge is 2.15. The van der Waals surface area contributed by atoms with Crippen LogP contribution in [0.4, 0.5) is 0 Å². The molecule has 102 valence electrons. The van der Waals surface area contributed by atoms with Gasteiger partial charge in [0.2, 0.25) is 0 Å². The van der Waals surface area contributed by atoms with Crippen LogP contribution in [0.1, 0.15) is 31.7 Å². The molecule has 0 saturated carbocycles. The molecule has 0 aliphatic heterocycles. The van der Waals surface area contributed by atoms with E-state index in [4.69, 9.17) is 11.6 Å². The van der Waals surface area contributed by atoms with Gasteiger partial charge in [-0.1, -0.05) is 25.4 Å². The third-order valence-corrected chi connectivity index (χ3v) is 4.30. The molecule has 0 saturated heterocycles. The van der Waals surface area contributed by atoms with Gasteiger partial charge in [0.05, 0.1) is 29.9 Å². The topological polar surface area (TPSA) is 44.1 Å². The van der Waals surface area contributed by atoms with Crippen molar-refractivity contribution in [3.63, 3.8) is 0 Å². The van der Waals surface area contributed by atoms with Crippen molar-refractivity contribution in [1.29, 1.82) is 0 Å². The number of aryl methyl sites for hydroxylation is 2. The third-order valence-electron chi connectivity index (χ3n) is 2.69. The van der Waals surface area contributed by atoms with E-state index in [1.165, 1.54) is 7.11 Å². The fraction of sp³-hybridized carbons (Fsp3) is 0.667. The van der Waals surface area contributed by atoms with Gasteiger partial charge in [0.15, 0.2) is 0 Å². The average molecular weight is 291 g/mol. The highest BCUT2D eigenvalue weighted by Crippen LogP contribution is 2.27. The number of thioether (sulfide) groups is 1. The molecule has 0 spiro atoms. The molecule has 0 aliphatic carbocycles. The lowest BCUT2D eigenvalue weighted by Crippen LogP contribution is -2.09. The maximum absolute atomic E-state index is 11.1. The van der Waals surface area contributed by atoms with E-state index in [9.17, 15) is 4.79 Å². The number of carbonyl (C=O) groups is 1. The predicted molar refractivity (Wildman–Crippen MR) is 75.0 cm³/mol. The Morgan fingerprint density at radius 3 is 2.78 bits per heavy atom. The van der Waals surface area contributed by atoms with Gasteiger partial charge in [-0.05, 0) is 6.42 Å². The first-order chi connectivity index (χ1) is 8.49. The van der Waals surface area contributed by atoms with Crippen LogP contribution in [0.15, 0.2) is 0 Å². The van der Waals surface area contributed by atoms with E-state index >= 15 is 0 Å². The minimum Gasteiger partial charge on any atom is -0.469 e. The molecular weight excluding hydrogens is 272 g/mol. The van der Waals surface area contributed by atoms with Gasteiger partial charge < -0.3 is 4.74 Å². The number of rotatable bonds is 6. The van der Waals surface area contributed by atoms with Gasteiger partial charge in [-0.25, -0.2) is 0 Å². The highest BCUT2D eigenvalue weighted by molar-refractivity contribution is 7.99. The smallest absolute Gasteiger partial charge is 0.306 e. The lowest BCUT2D eigenvalue weighted by atomic mass is 10.3. The molecule has 0 aliphatic rings. The molecule has 1 heterocycles. The number of ether oxygens (including phenoxy) is 1. The van der Waals surface area contributed by atoms with E-state index in [1.54, 1.807) is 11.8 Å². The lowest BCUT2D eigenvalue weighted by Gasteiger charge is -2.10. The molecule has 0 aromatic carbocycles. The van der Waals surface area contributed by atoms with Crippen LogP contribution in [0.3, 0.4) is 0 Å². The molecule has 0 bridgehead atoms. The second-order valence-electron chi connectivity index (χ2n) is 4.09. The lowest BCUT2D eigenvalue weighted by molar-refractivity contribution is -0.140. The average Bonchev–Trinajstić information content (AvgIpc) is 2.61. The number of nitrogens with zero attached hydrogens (tertiary/aromatic N) is 2. The van der Waals surface area contributed by atoms with Gasteiger partial charge >= 0.3 is 5.97 Å². The number of methoxy groups -OCH3 is 1. The maximum Gasteiger partial charge on any atom is 0.306 e. The minimum atomic E-state index is -0.180. The molecule has 18 heavy (non-hydrogen) atoms. The fourth-order valence-corrected chi connectivity index (χ4v) is 3.04. The van der Waals surface area contributed by atoms with Crippen LogP contribution in [0, 0.1) is 0 Å². The Morgan fingerprint density at radius 2 is 2.28 bits per heavy atom. The predicted octanol–water partition coefficient (Wildman–Crippen LogP) is 2.82. The number of hydrogen-bond acceptors (Lipinski definition) is 4. The molecule has 0 fully saturated rings. The van der Waals surface area contributed by atoms with Gasteiger partial charge in [0.25, 0.3) is 0 Å². The number of esters is 1. The van der Waals surface area contributed by atoms with Crippen molar-refractivity contribution in [3.8, 4) is 0 Å². The van der Waals surface area contributed by atoms with Crippen molar-refractivity contribution in [2.75, 3.05) is 7.11 Å². The summed E-state index contributed by atoms with van der Waals surface area (Å²) in [5.41, 5.74) is 1.94. The van der Waals surface area contributed by atoms with E-state index in [2.05, 4.69) is 9.84 Å². The molecule has 0 amide bonds. The third kappa shape index (κ3) is 3.92. The summed E-state index contributed by atoms with van der Waals surface area (Å²) < 4.78 is 6.46. The van der Waals surface area contributed by atoms with Gasteiger partial charge in [-0.2, -0.15) is 16.9 Å². The second kappa shape index (κ2) is 7.04. The molecular formula is C12H19ClN2O2S. The number of halogens is 1. The second-order valence-corrected chi connectivity index (χ2v) is 5.89. The monoisotopic (exact) mass is 290 g/mol. The Morgan fingerprint density at radius 1 is 1.61 bits per heavy atom. The first-order valence-corrected chi connectivity index (χ1v) is 7.30. The van der Waals surface area contributed by atoms with Crippen LogP contribution >= 0.6 is 23.4 Å². The quantitative estimate of drug-likeness (QED) is 0.756. The molecule has 0 radical (unpaired) electrons. The molecule has 6 heteroatoms. The summed E-state index contributed by atoms with van der Waals surface area (Å²) in [6.07, 6.45) is 1.24.